The van der Waals surface area contributed by atoms with Crippen molar-refractivity contribution in [1.82, 2.24) is 19.7 Å². The van der Waals surface area contributed by atoms with Crippen LogP contribution in [0.25, 0.3) is 10.6 Å². The summed E-state index contributed by atoms with van der Waals surface area (Å²) in [5.41, 5.74) is 2.25. The summed E-state index contributed by atoms with van der Waals surface area (Å²) >= 11 is 1.33. The molecule has 0 aliphatic carbocycles. The number of carbonyl (C=O) groups is 3. The first-order valence-electron chi connectivity index (χ1n) is 12.6. The maximum atomic E-state index is 13.4. The Morgan fingerprint density at radius 2 is 1.61 bits per heavy atom. The van der Waals surface area contributed by atoms with Crippen molar-refractivity contribution in [2.45, 2.75) is 6.04 Å². The fourth-order valence-corrected chi connectivity index (χ4v) is 5.70. The highest BCUT2D eigenvalue weighted by Crippen LogP contribution is 2.28. The largest absolute Gasteiger partial charge is 0.468 e. The van der Waals surface area contributed by atoms with Gasteiger partial charge in [-0.25, -0.2) is 9.78 Å². The van der Waals surface area contributed by atoms with Crippen molar-refractivity contribution < 1.29 is 23.9 Å². The molecule has 0 spiro atoms. The standard InChI is InChI=1S/C28H30N4O5S/c1-36-28(35)24(20-6-3-2-4-7-20)30-10-12-31(13-11-30)26(33)22-9-5-8-21(18-22)25-29-19-23(38-25)27(34)32-14-16-37-17-15-32/h2-9,18-19,24H,10-17H2,1H3. The van der Waals surface area contributed by atoms with E-state index in [1.54, 1.807) is 17.2 Å². The third-order valence-corrected chi connectivity index (χ3v) is 7.91. The number of esters is 1. The third-order valence-electron chi connectivity index (χ3n) is 6.88. The number of methoxy groups -OCH3 is 1. The van der Waals surface area contributed by atoms with Crippen LogP contribution >= 0.6 is 11.3 Å². The van der Waals surface area contributed by atoms with Gasteiger partial charge in [0, 0.05) is 50.4 Å². The molecule has 1 unspecified atom stereocenters. The molecule has 1 atom stereocenters. The maximum Gasteiger partial charge on any atom is 0.327 e. The van der Waals surface area contributed by atoms with Crippen LogP contribution in [0.1, 0.15) is 31.6 Å². The van der Waals surface area contributed by atoms with Gasteiger partial charge in [-0.05, 0) is 17.7 Å². The normalized spacial score (nSPS) is 17.2. The second-order valence-electron chi connectivity index (χ2n) is 9.18. The van der Waals surface area contributed by atoms with Crippen LogP contribution in [0.2, 0.25) is 0 Å². The van der Waals surface area contributed by atoms with Crippen LogP contribution < -0.4 is 0 Å². The summed E-state index contributed by atoms with van der Waals surface area (Å²) in [5.74, 6) is -0.413. The Labute approximate surface area is 225 Å². The van der Waals surface area contributed by atoms with Gasteiger partial charge < -0.3 is 19.3 Å². The molecule has 2 aliphatic heterocycles. The topological polar surface area (TPSA) is 92.3 Å². The quantitative estimate of drug-likeness (QED) is 0.449. The van der Waals surface area contributed by atoms with Crippen molar-refractivity contribution in [1.29, 1.82) is 0 Å². The lowest BCUT2D eigenvalue weighted by molar-refractivity contribution is -0.148. The van der Waals surface area contributed by atoms with Crippen molar-refractivity contribution in [2.75, 3.05) is 59.6 Å². The minimum Gasteiger partial charge on any atom is -0.468 e. The van der Waals surface area contributed by atoms with E-state index in [0.717, 1.165) is 11.1 Å². The van der Waals surface area contributed by atoms with E-state index in [-0.39, 0.29) is 17.8 Å². The van der Waals surface area contributed by atoms with Gasteiger partial charge in [-0.1, -0.05) is 42.5 Å². The third kappa shape index (κ3) is 5.62. The molecule has 2 fully saturated rings. The summed E-state index contributed by atoms with van der Waals surface area (Å²) in [6.07, 6.45) is 1.61. The minimum absolute atomic E-state index is 0.0390. The zero-order valence-corrected chi connectivity index (χ0v) is 22.1. The lowest BCUT2D eigenvalue weighted by Gasteiger charge is -2.38. The van der Waals surface area contributed by atoms with Crippen LogP contribution in [0, 0.1) is 0 Å². The molecule has 2 aliphatic rings. The molecule has 0 radical (unpaired) electrons. The molecular weight excluding hydrogens is 504 g/mol. The van der Waals surface area contributed by atoms with E-state index >= 15 is 0 Å². The molecule has 9 nitrogen and oxygen atoms in total. The van der Waals surface area contributed by atoms with Crippen LogP contribution in [0.5, 0.6) is 0 Å². The monoisotopic (exact) mass is 534 g/mol. The highest BCUT2D eigenvalue weighted by Gasteiger charge is 2.32. The fraction of sp³-hybridized carbons (Fsp3) is 0.357. The SMILES string of the molecule is COC(=O)C(c1ccccc1)N1CCN(C(=O)c2cccc(-c3ncc(C(=O)N4CCOCC4)s3)c2)CC1. The second kappa shape index (κ2) is 11.8. The lowest BCUT2D eigenvalue weighted by atomic mass is 10.0. The predicted molar refractivity (Wildman–Crippen MR) is 143 cm³/mol. The Morgan fingerprint density at radius 3 is 2.32 bits per heavy atom. The molecule has 3 heterocycles. The highest BCUT2D eigenvalue weighted by molar-refractivity contribution is 7.16. The van der Waals surface area contributed by atoms with Gasteiger partial charge in [0.25, 0.3) is 11.8 Å². The second-order valence-corrected chi connectivity index (χ2v) is 10.2. The Hall–Kier alpha value is -3.60. The smallest absolute Gasteiger partial charge is 0.327 e. The van der Waals surface area contributed by atoms with Gasteiger partial charge >= 0.3 is 5.97 Å². The van der Waals surface area contributed by atoms with Crippen molar-refractivity contribution in [3.05, 3.63) is 76.8 Å². The van der Waals surface area contributed by atoms with Crippen molar-refractivity contribution in [3.8, 4) is 10.6 Å². The highest BCUT2D eigenvalue weighted by atomic mass is 32.1. The summed E-state index contributed by atoms with van der Waals surface area (Å²) in [7, 11) is 1.40. The fourth-order valence-electron chi connectivity index (χ4n) is 4.82. The summed E-state index contributed by atoms with van der Waals surface area (Å²) in [6, 6.07) is 16.4. The number of thiazole rings is 1. The van der Waals surface area contributed by atoms with Crippen LogP contribution in [0.3, 0.4) is 0 Å². The minimum atomic E-state index is -0.499. The van der Waals surface area contributed by atoms with E-state index in [0.29, 0.717) is 67.9 Å². The number of ether oxygens (including phenoxy) is 2. The maximum absolute atomic E-state index is 13.4. The molecule has 198 valence electrons. The van der Waals surface area contributed by atoms with E-state index in [9.17, 15) is 14.4 Å². The molecule has 0 saturated carbocycles. The zero-order chi connectivity index (χ0) is 26.5. The molecule has 0 N–H and O–H groups in total. The van der Waals surface area contributed by atoms with Crippen LogP contribution in [-0.4, -0.2) is 97.1 Å². The van der Waals surface area contributed by atoms with E-state index in [2.05, 4.69) is 9.88 Å². The van der Waals surface area contributed by atoms with Crippen LogP contribution in [0.15, 0.2) is 60.8 Å². The lowest BCUT2D eigenvalue weighted by Crippen LogP contribution is -2.51. The molecule has 38 heavy (non-hydrogen) atoms. The molecule has 2 aromatic carbocycles. The number of rotatable bonds is 6. The van der Waals surface area contributed by atoms with Gasteiger partial charge in [0.15, 0.2) is 0 Å². The molecule has 5 rings (SSSR count). The van der Waals surface area contributed by atoms with Gasteiger partial charge in [-0.3, -0.25) is 14.5 Å². The average Bonchev–Trinajstić information content (AvgIpc) is 3.48. The first-order chi connectivity index (χ1) is 18.5. The van der Waals surface area contributed by atoms with E-state index in [1.807, 2.05) is 53.4 Å². The first kappa shape index (κ1) is 26.0. The van der Waals surface area contributed by atoms with Gasteiger partial charge in [0.05, 0.1) is 26.5 Å². The molecule has 10 heteroatoms. The van der Waals surface area contributed by atoms with Crippen molar-refractivity contribution >= 4 is 29.1 Å². The number of amides is 2. The number of hydrogen-bond donors (Lipinski definition) is 0. The summed E-state index contributed by atoms with van der Waals surface area (Å²) < 4.78 is 10.4. The molecule has 2 saturated heterocycles. The number of nitrogens with zero attached hydrogens (tertiary/aromatic N) is 4. The number of hydrogen-bond acceptors (Lipinski definition) is 8. The van der Waals surface area contributed by atoms with E-state index in [4.69, 9.17) is 9.47 Å². The Balaban J connectivity index is 1.25. The summed E-state index contributed by atoms with van der Waals surface area (Å²) in [4.78, 5) is 49.4. The van der Waals surface area contributed by atoms with Gasteiger partial charge in [0.1, 0.15) is 15.9 Å². The number of piperazine rings is 1. The van der Waals surface area contributed by atoms with Gasteiger partial charge in [0.2, 0.25) is 0 Å². The van der Waals surface area contributed by atoms with Crippen molar-refractivity contribution in [2.24, 2.45) is 0 Å². The number of morpholine rings is 1. The molecular formula is C28H30N4O5S. The van der Waals surface area contributed by atoms with E-state index < -0.39 is 6.04 Å². The van der Waals surface area contributed by atoms with Gasteiger partial charge in [-0.15, -0.1) is 11.3 Å². The molecule has 1 aromatic heterocycles. The zero-order valence-electron chi connectivity index (χ0n) is 21.2. The number of carbonyl (C=O) groups excluding carboxylic acids is 3. The number of aromatic nitrogens is 1. The Bertz CT molecular complexity index is 1280. The van der Waals surface area contributed by atoms with E-state index in [1.165, 1.54) is 18.4 Å². The van der Waals surface area contributed by atoms with Gasteiger partial charge in [-0.2, -0.15) is 0 Å². The summed E-state index contributed by atoms with van der Waals surface area (Å²) in [5, 5.41) is 0.699. The number of benzene rings is 2. The average molecular weight is 535 g/mol. The first-order valence-corrected chi connectivity index (χ1v) is 13.5. The summed E-state index contributed by atoms with van der Waals surface area (Å²) in [6.45, 7) is 4.36. The molecule has 2 amide bonds. The van der Waals surface area contributed by atoms with Crippen molar-refractivity contribution in [3.63, 3.8) is 0 Å². The van der Waals surface area contributed by atoms with Crippen LogP contribution in [0.4, 0.5) is 0 Å². The predicted octanol–water partition coefficient (Wildman–Crippen LogP) is 2.95. The molecule has 0 bridgehead atoms. The Morgan fingerprint density at radius 1 is 0.895 bits per heavy atom. The molecule has 3 aromatic rings. The Kier molecular flexibility index (Phi) is 8.11. The van der Waals surface area contributed by atoms with Crippen LogP contribution in [-0.2, 0) is 14.3 Å².